The van der Waals surface area contributed by atoms with Crippen molar-refractivity contribution in [1.29, 1.82) is 0 Å². The molecule has 0 fully saturated rings. The number of carbonyl (C=O) groups excluding carboxylic acids is 1. The molecule has 220 valence electrons. The molecule has 0 rings (SSSR count). The zero-order valence-electron chi connectivity index (χ0n) is 25.2. The topological polar surface area (TPSA) is 127 Å². The fourth-order valence-electron chi connectivity index (χ4n) is 4.68. The monoisotopic (exact) mass is 522 g/mol. The Kier molecular flexibility index (Phi) is 24.6. The lowest BCUT2D eigenvalue weighted by atomic mass is 9.76. The van der Waals surface area contributed by atoms with Gasteiger partial charge in [-0.05, 0) is 67.6 Å². The van der Waals surface area contributed by atoms with Gasteiger partial charge in [0.1, 0.15) is 0 Å². The molecule has 0 aliphatic rings. The van der Waals surface area contributed by atoms with Crippen molar-refractivity contribution in [3.8, 4) is 0 Å². The fraction of sp³-hybridized carbons (Fsp3) is 0.966. The number of carbonyl (C=O) groups is 1. The first-order valence-corrected chi connectivity index (χ1v) is 13.9. The fourth-order valence-corrected chi connectivity index (χ4v) is 4.68. The van der Waals surface area contributed by atoms with E-state index < -0.39 is 5.41 Å². The van der Waals surface area contributed by atoms with Crippen molar-refractivity contribution in [3.63, 3.8) is 0 Å². The van der Waals surface area contributed by atoms with Crippen LogP contribution in [0.5, 0.6) is 0 Å². The Hall–Kier alpha value is -0.730. The van der Waals surface area contributed by atoms with E-state index in [2.05, 4.69) is 41.5 Å². The summed E-state index contributed by atoms with van der Waals surface area (Å²) < 4.78 is 4.70. The molecule has 0 heterocycles. The van der Waals surface area contributed by atoms with Gasteiger partial charge in [-0.25, -0.2) is 0 Å². The summed E-state index contributed by atoms with van der Waals surface area (Å²) >= 11 is 0. The molecule has 0 aromatic rings. The first-order valence-electron chi connectivity index (χ1n) is 13.9. The second-order valence-corrected chi connectivity index (χ2v) is 11.5. The van der Waals surface area contributed by atoms with Gasteiger partial charge in [-0.3, -0.25) is 4.79 Å². The van der Waals surface area contributed by atoms with E-state index in [-0.39, 0.29) is 49.6 Å². The van der Waals surface area contributed by atoms with Crippen LogP contribution in [0.15, 0.2) is 0 Å². The second-order valence-electron chi connectivity index (χ2n) is 11.5. The minimum atomic E-state index is -0.692. The van der Waals surface area contributed by atoms with Gasteiger partial charge in [0.15, 0.2) is 0 Å². The van der Waals surface area contributed by atoms with Crippen LogP contribution in [0.1, 0.15) is 101 Å². The van der Waals surface area contributed by atoms with Crippen LogP contribution in [0.4, 0.5) is 0 Å². The zero-order chi connectivity index (χ0) is 28.9. The van der Waals surface area contributed by atoms with Gasteiger partial charge in [0, 0.05) is 32.3 Å². The van der Waals surface area contributed by atoms with Crippen LogP contribution in [0.2, 0.25) is 0 Å². The lowest BCUT2D eigenvalue weighted by Crippen LogP contribution is -2.36. The number of hydrogen-bond acceptors (Lipinski definition) is 7. The molecular weight excluding hydrogens is 460 g/mol. The summed E-state index contributed by atoms with van der Waals surface area (Å²) in [5, 5.41) is 45.2. The summed E-state index contributed by atoms with van der Waals surface area (Å²) in [6.45, 7) is 19.0. The number of aliphatic hydroxyl groups is 5. The summed E-state index contributed by atoms with van der Waals surface area (Å²) in [5.41, 5.74) is -0.489. The molecule has 0 saturated heterocycles. The summed E-state index contributed by atoms with van der Waals surface area (Å²) in [5.74, 6) is 1.12. The summed E-state index contributed by atoms with van der Waals surface area (Å²) in [4.78, 5) is 11.4. The Morgan fingerprint density at radius 1 is 0.667 bits per heavy atom. The third kappa shape index (κ3) is 16.2. The highest BCUT2D eigenvalue weighted by atomic mass is 16.5. The lowest BCUT2D eigenvalue weighted by Gasteiger charge is -2.31. The summed E-state index contributed by atoms with van der Waals surface area (Å²) in [6.07, 6.45) is 5.48. The highest BCUT2D eigenvalue weighted by Crippen LogP contribution is 2.33. The van der Waals surface area contributed by atoms with Crippen molar-refractivity contribution in [2.45, 2.75) is 101 Å². The van der Waals surface area contributed by atoms with E-state index in [9.17, 15) is 15.0 Å². The Balaban J connectivity index is -0.000000455. The molecule has 0 spiro atoms. The van der Waals surface area contributed by atoms with Gasteiger partial charge < -0.3 is 30.3 Å². The standard InChI is InChI=1S/C10H20O3.C10H22O.C9H20O3/c1-5-10(7-11,6-8(2)3)9(12)13-4;1-5-10(6-2,8-11)7-9(3)4;1-7(2)3-8(4-10)9(5-11)6-12/h8,11H,5-7H2,1-4H3;9,11H,5-8H2,1-4H3;7-12H,3-6H2,1-2H3. The molecule has 5 N–H and O–H groups in total. The maximum Gasteiger partial charge on any atom is 0.314 e. The highest BCUT2D eigenvalue weighted by Gasteiger charge is 2.37. The van der Waals surface area contributed by atoms with Gasteiger partial charge in [0.25, 0.3) is 0 Å². The Labute approximate surface area is 222 Å². The maximum absolute atomic E-state index is 11.4. The lowest BCUT2D eigenvalue weighted by molar-refractivity contribution is -0.157. The molecule has 36 heavy (non-hydrogen) atoms. The summed E-state index contributed by atoms with van der Waals surface area (Å²) in [7, 11) is 1.36. The maximum atomic E-state index is 11.4. The van der Waals surface area contributed by atoms with E-state index in [1.165, 1.54) is 7.11 Å². The molecule has 0 aliphatic heterocycles. The molecule has 0 saturated carbocycles. The van der Waals surface area contributed by atoms with Crippen LogP contribution < -0.4 is 0 Å². The van der Waals surface area contributed by atoms with E-state index in [4.69, 9.17) is 20.1 Å². The predicted octanol–water partition coefficient (Wildman–Crippen LogP) is 4.67. The minimum absolute atomic E-state index is 0.0278. The number of ether oxygens (including phenoxy) is 1. The van der Waals surface area contributed by atoms with Gasteiger partial charge in [-0.2, -0.15) is 0 Å². The molecular formula is C29H62O7. The molecule has 0 aromatic carbocycles. The van der Waals surface area contributed by atoms with Crippen molar-refractivity contribution < 1.29 is 35.1 Å². The normalized spacial score (nSPS) is 14.2. The third-order valence-corrected chi connectivity index (χ3v) is 7.22. The average Bonchev–Trinajstić information content (AvgIpc) is 2.85. The molecule has 0 aromatic heterocycles. The molecule has 2 atom stereocenters. The van der Waals surface area contributed by atoms with E-state index in [1.54, 1.807) is 0 Å². The van der Waals surface area contributed by atoms with Gasteiger partial charge in [0.05, 0.1) is 19.1 Å². The van der Waals surface area contributed by atoms with E-state index >= 15 is 0 Å². The third-order valence-electron chi connectivity index (χ3n) is 7.22. The number of rotatable bonds is 16. The Morgan fingerprint density at radius 2 is 1.11 bits per heavy atom. The second kappa shape index (κ2) is 22.3. The highest BCUT2D eigenvalue weighted by molar-refractivity contribution is 5.76. The first-order chi connectivity index (χ1) is 16.8. The van der Waals surface area contributed by atoms with Gasteiger partial charge >= 0.3 is 5.97 Å². The Bertz CT molecular complexity index is 486. The van der Waals surface area contributed by atoms with Crippen molar-refractivity contribution in [3.05, 3.63) is 0 Å². The minimum Gasteiger partial charge on any atom is -0.469 e. The Morgan fingerprint density at radius 3 is 1.31 bits per heavy atom. The number of esters is 1. The van der Waals surface area contributed by atoms with Crippen LogP contribution in [0.3, 0.4) is 0 Å². The molecule has 7 nitrogen and oxygen atoms in total. The number of hydrogen-bond donors (Lipinski definition) is 5. The average molecular weight is 523 g/mol. The SMILES string of the molecule is CC(C)CC(CO)C(CO)CO.CCC(CC)(CO)CC(C)C.CCC(CO)(CC(C)C)C(=O)OC. The largest absolute Gasteiger partial charge is 0.469 e. The molecule has 2 unspecified atom stereocenters. The van der Waals surface area contributed by atoms with Gasteiger partial charge in [0.2, 0.25) is 0 Å². The molecule has 0 radical (unpaired) electrons. The van der Waals surface area contributed by atoms with Crippen molar-refractivity contribution in [2.75, 3.05) is 40.1 Å². The first kappa shape index (κ1) is 39.8. The predicted molar refractivity (Wildman–Crippen MR) is 149 cm³/mol. The van der Waals surface area contributed by atoms with E-state index in [0.29, 0.717) is 37.2 Å². The molecule has 0 bridgehead atoms. The van der Waals surface area contributed by atoms with Crippen molar-refractivity contribution >= 4 is 5.97 Å². The van der Waals surface area contributed by atoms with Crippen molar-refractivity contribution in [1.82, 2.24) is 0 Å². The van der Waals surface area contributed by atoms with Crippen LogP contribution in [0.25, 0.3) is 0 Å². The van der Waals surface area contributed by atoms with Crippen LogP contribution >= 0.6 is 0 Å². The van der Waals surface area contributed by atoms with E-state index in [0.717, 1.165) is 25.7 Å². The number of methoxy groups -OCH3 is 1. The van der Waals surface area contributed by atoms with Crippen LogP contribution in [-0.4, -0.2) is 71.6 Å². The number of aliphatic hydroxyl groups excluding tert-OH is 5. The molecule has 0 amide bonds. The van der Waals surface area contributed by atoms with Crippen LogP contribution in [-0.2, 0) is 9.53 Å². The zero-order valence-corrected chi connectivity index (χ0v) is 25.2. The smallest absolute Gasteiger partial charge is 0.314 e. The van der Waals surface area contributed by atoms with Gasteiger partial charge in [-0.1, -0.05) is 62.3 Å². The quantitative estimate of drug-likeness (QED) is 0.186. The van der Waals surface area contributed by atoms with Crippen LogP contribution in [0, 0.1) is 40.4 Å². The van der Waals surface area contributed by atoms with Gasteiger partial charge in [-0.15, -0.1) is 0 Å². The van der Waals surface area contributed by atoms with Crippen molar-refractivity contribution in [2.24, 2.45) is 40.4 Å². The molecule has 7 heteroatoms. The van der Waals surface area contributed by atoms with E-state index in [1.807, 2.05) is 20.8 Å². The molecule has 0 aliphatic carbocycles. The summed E-state index contributed by atoms with van der Waals surface area (Å²) in [6, 6.07) is 0.